The summed E-state index contributed by atoms with van der Waals surface area (Å²) in [5.41, 5.74) is 2.83. The Bertz CT molecular complexity index is 1320. The van der Waals surface area contributed by atoms with Gasteiger partial charge in [-0.15, -0.1) is 0 Å². The van der Waals surface area contributed by atoms with Crippen molar-refractivity contribution < 1.29 is 31.1 Å². The topological polar surface area (TPSA) is 20.3 Å². The minimum atomic E-state index is -4.42. The summed E-state index contributed by atoms with van der Waals surface area (Å²) in [6.07, 6.45) is -6.45. The van der Waals surface area contributed by atoms with Gasteiger partial charge in [-0.2, -0.15) is 26.3 Å². The van der Waals surface area contributed by atoms with Gasteiger partial charge in [0.2, 0.25) is 0 Å². The molecule has 1 heterocycles. The lowest BCUT2D eigenvalue weighted by molar-refractivity contribution is -0.138. The Labute approximate surface area is 237 Å². The van der Waals surface area contributed by atoms with E-state index in [1.807, 2.05) is 12.1 Å². The maximum Gasteiger partial charge on any atom is 0.416 e. The van der Waals surface area contributed by atoms with Crippen LogP contribution in [0, 0.1) is 5.92 Å². The van der Waals surface area contributed by atoms with Gasteiger partial charge in [0.1, 0.15) is 5.78 Å². The smallest absolute Gasteiger partial charge is 0.299 e. The minimum absolute atomic E-state index is 0.0561. The molecule has 2 nitrogen and oxygen atoms in total. The third-order valence-corrected chi connectivity index (χ3v) is 7.87. The van der Waals surface area contributed by atoms with Gasteiger partial charge in [0.15, 0.2) is 0 Å². The first kappa shape index (κ1) is 30.8. The van der Waals surface area contributed by atoms with Gasteiger partial charge in [0.25, 0.3) is 0 Å². The van der Waals surface area contributed by atoms with Gasteiger partial charge in [0.05, 0.1) is 11.1 Å². The van der Waals surface area contributed by atoms with E-state index in [1.165, 1.54) is 24.3 Å². The van der Waals surface area contributed by atoms with Crippen molar-refractivity contribution in [3.63, 3.8) is 0 Å². The van der Waals surface area contributed by atoms with Crippen LogP contribution in [0.5, 0.6) is 0 Å². The number of piperidine rings is 1. The quantitative estimate of drug-likeness (QED) is 0.249. The van der Waals surface area contributed by atoms with E-state index >= 15 is 0 Å². The molecule has 1 fully saturated rings. The van der Waals surface area contributed by atoms with Gasteiger partial charge < -0.3 is 0 Å². The number of alkyl halides is 6. The summed E-state index contributed by atoms with van der Waals surface area (Å²) in [6.45, 7) is 7.77. The third kappa shape index (κ3) is 8.00. The molecule has 1 atom stereocenters. The molecular formula is C33H35F6NO. The first-order valence-electron chi connectivity index (χ1n) is 13.9. The number of likely N-dealkylation sites (tertiary alicyclic amines) is 1. The van der Waals surface area contributed by atoms with Gasteiger partial charge in [-0.25, -0.2) is 0 Å². The van der Waals surface area contributed by atoms with Crippen LogP contribution in [-0.4, -0.2) is 23.8 Å². The summed E-state index contributed by atoms with van der Waals surface area (Å²) < 4.78 is 78.2. The number of nitrogens with zero attached hydrogens (tertiary/aromatic N) is 1. The van der Waals surface area contributed by atoms with Crippen LogP contribution in [-0.2, 0) is 23.7 Å². The summed E-state index contributed by atoms with van der Waals surface area (Å²) >= 11 is 0. The number of hydrogen-bond donors (Lipinski definition) is 0. The molecule has 41 heavy (non-hydrogen) atoms. The zero-order chi connectivity index (χ0) is 29.9. The molecule has 3 aromatic carbocycles. The molecule has 0 amide bonds. The molecule has 0 radical (unpaired) electrons. The lowest BCUT2D eigenvalue weighted by atomic mass is 9.81. The largest absolute Gasteiger partial charge is 0.416 e. The Kier molecular flexibility index (Phi) is 9.32. The van der Waals surface area contributed by atoms with Crippen molar-refractivity contribution in [2.45, 2.75) is 70.8 Å². The van der Waals surface area contributed by atoms with Crippen LogP contribution in [0.25, 0.3) is 11.1 Å². The molecule has 0 saturated carbocycles. The zero-order valence-electron chi connectivity index (χ0n) is 23.4. The molecular weight excluding hydrogens is 540 g/mol. The Balaban J connectivity index is 1.57. The molecule has 220 valence electrons. The Morgan fingerprint density at radius 3 is 1.83 bits per heavy atom. The first-order valence-corrected chi connectivity index (χ1v) is 13.9. The molecule has 4 rings (SSSR count). The summed E-state index contributed by atoms with van der Waals surface area (Å²) in [7, 11) is 0. The summed E-state index contributed by atoms with van der Waals surface area (Å²) in [5.74, 6) is 0.234. The predicted octanol–water partition coefficient (Wildman–Crippen LogP) is 9.49. The summed E-state index contributed by atoms with van der Waals surface area (Å²) in [4.78, 5) is 14.9. The number of ketones is 1. The number of rotatable bonds is 8. The second-order valence-corrected chi connectivity index (χ2v) is 11.5. The fourth-order valence-corrected chi connectivity index (χ4v) is 5.62. The second kappa shape index (κ2) is 12.4. The minimum Gasteiger partial charge on any atom is -0.299 e. The number of carbonyl (C=O) groups excluding carboxylic acids is 1. The van der Waals surface area contributed by atoms with Gasteiger partial charge >= 0.3 is 12.4 Å². The normalized spacial score (nSPS) is 16.2. The molecule has 1 unspecified atom stereocenters. The fraction of sp³-hybridized carbons (Fsp3) is 0.424. The van der Waals surface area contributed by atoms with Gasteiger partial charge in [-0.05, 0) is 103 Å². The van der Waals surface area contributed by atoms with Gasteiger partial charge in [-0.1, -0.05) is 56.3 Å². The highest BCUT2D eigenvalue weighted by molar-refractivity contribution is 5.84. The number of carbonyl (C=O) groups is 1. The molecule has 3 aromatic rings. The van der Waals surface area contributed by atoms with Crippen LogP contribution >= 0.6 is 0 Å². The molecule has 0 aliphatic carbocycles. The van der Waals surface area contributed by atoms with Crippen molar-refractivity contribution in [2.24, 2.45) is 5.92 Å². The van der Waals surface area contributed by atoms with E-state index in [0.29, 0.717) is 18.5 Å². The Hall–Kier alpha value is -3.13. The van der Waals surface area contributed by atoms with E-state index in [0.717, 1.165) is 72.5 Å². The van der Waals surface area contributed by atoms with Crippen LogP contribution in [0.15, 0.2) is 66.7 Å². The third-order valence-electron chi connectivity index (χ3n) is 7.87. The van der Waals surface area contributed by atoms with Gasteiger partial charge in [-0.3, -0.25) is 9.69 Å². The van der Waals surface area contributed by atoms with Crippen molar-refractivity contribution in [1.82, 2.24) is 4.90 Å². The lowest BCUT2D eigenvalue weighted by Gasteiger charge is -2.33. The molecule has 0 bridgehead atoms. The molecule has 0 aromatic heterocycles. The van der Waals surface area contributed by atoms with Crippen molar-refractivity contribution in [3.8, 4) is 11.1 Å². The number of Topliss-reactive ketones (excluding diaryl/α,β-unsaturated/α-hetero) is 1. The van der Waals surface area contributed by atoms with Crippen molar-refractivity contribution in [3.05, 3.63) is 94.5 Å². The SMILES string of the molecule is CC(=O)C(CC(C)C)c1cc(-c2ccc(C(F)(F)F)cc2)cc(C2CCN(Cc3ccc(C(F)(F)F)cc3)CC2)c1. The lowest BCUT2D eigenvalue weighted by Crippen LogP contribution is -2.32. The van der Waals surface area contributed by atoms with Crippen molar-refractivity contribution in [1.29, 1.82) is 0 Å². The van der Waals surface area contributed by atoms with Crippen LogP contribution in [0.4, 0.5) is 26.3 Å². The molecule has 0 N–H and O–H groups in total. The number of benzene rings is 3. The highest BCUT2D eigenvalue weighted by Crippen LogP contribution is 2.37. The van der Waals surface area contributed by atoms with Crippen LogP contribution < -0.4 is 0 Å². The average molecular weight is 576 g/mol. The summed E-state index contributed by atoms with van der Waals surface area (Å²) in [5, 5.41) is 0. The Morgan fingerprint density at radius 1 is 0.805 bits per heavy atom. The predicted molar refractivity (Wildman–Crippen MR) is 148 cm³/mol. The number of hydrogen-bond acceptors (Lipinski definition) is 2. The maximum atomic E-state index is 13.2. The molecule has 8 heteroatoms. The molecule has 1 aliphatic rings. The second-order valence-electron chi connectivity index (χ2n) is 11.5. The van der Waals surface area contributed by atoms with E-state index in [4.69, 9.17) is 0 Å². The van der Waals surface area contributed by atoms with Crippen molar-refractivity contribution in [2.75, 3.05) is 13.1 Å². The maximum absolute atomic E-state index is 13.2. The van der Waals surface area contributed by atoms with E-state index < -0.39 is 23.5 Å². The van der Waals surface area contributed by atoms with Crippen molar-refractivity contribution >= 4 is 5.78 Å². The standard InChI is InChI=1S/C33H35F6NO/c1-21(2)16-31(22(3)41)28-18-26(24-6-10-30(11-7-24)33(37,38)39)17-27(19-28)25-12-14-40(15-13-25)20-23-4-8-29(9-5-23)32(34,35)36/h4-11,17-19,21,25,31H,12-16,20H2,1-3H3. The monoisotopic (exact) mass is 575 g/mol. The van der Waals surface area contributed by atoms with Crippen LogP contribution in [0.1, 0.15) is 79.7 Å². The van der Waals surface area contributed by atoms with E-state index in [1.54, 1.807) is 6.92 Å². The van der Waals surface area contributed by atoms with E-state index in [9.17, 15) is 31.1 Å². The summed E-state index contributed by atoms with van der Waals surface area (Å²) in [6, 6.07) is 16.4. The average Bonchev–Trinajstić information content (AvgIpc) is 2.91. The number of halogens is 6. The fourth-order valence-electron chi connectivity index (χ4n) is 5.62. The highest BCUT2D eigenvalue weighted by Gasteiger charge is 2.31. The van der Waals surface area contributed by atoms with E-state index in [2.05, 4.69) is 24.8 Å². The van der Waals surface area contributed by atoms with Crippen LogP contribution in [0.3, 0.4) is 0 Å². The zero-order valence-corrected chi connectivity index (χ0v) is 23.4. The highest BCUT2D eigenvalue weighted by atomic mass is 19.4. The molecule has 0 spiro atoms. The Morgan fingerprint density at radius 2 is 1.34 bits per heavy atom. The van der Waals surface area contributed by atoms with E-state index in [-0.39, 0.29) is 23.5 Å². The first-order chi connectivity index (χ1) is 19.2. The molecule has 1 saturated heterocycles. The van der Waals surface area contributed by atoms with Gasteiger partial charge in [0, 0.05) is 12.5 Å². The van der Waals surface area contributed by atoms with Crippen LogP contribution in [0.2, 0.25) is 0 Å². The molecule has 1 aliphatic heterocycles.